The van der Waals surface area contributed by atoms with Crippen LogP contribution in [0.15, 0.2) is 23.3 Å². The molecule has 2 saturated heterocycles. The van der Waals surface area contributed by atoms with Crippen LogP contribution < -0.4 is 0 Å². The van der Waals surface area contributed by atoms with Gasteiger partial charge in [0.25, 0.3) is 0 Å². The third kappa shape index (κ3) is 7.40. The highest BCUT2D eigenvalue weighted by Gasteiger charge is 2.64. The average molecular weight is 771 g/mol. The molecule has 20 unspecified atom stereocenters. The first-order valence-corrected chi connectivity index (χ1v) is 19.9. The average Bonchev–Trinajstić information content (AvgIpc) is 3.58. The molecule has 6 rings (SSSR count). The first-order chi connectivity index (χ1) is 25.5. The number of rotatable bonds is 12. The van der Waals surface area contributed by atoms with Crippen LogP contribution >= 0.6 is 0 Å². The number of allylic oxidation sites excluding steroid dienone is 2. The van der Waals surface area contributed by atoms with Gasteiger partial charge in [-0.2, -0.15) is 0 Å². The Balaban J connectivity index is 1.44. The Bertz CT molecular complexity index is 1340. The SMILES string of the molecule is COCC(O)C1OC(OC2C3=C4CC(OC5OC(CO)C(O)C(OC)C5O)C(C(C)C=CC(C)C)C4(C)CCC3C3(C)CCC(O)CC3C2O)C(O)C1O. The van der Waals surface area contributed by atoms with E-state index in [9.17, 15) is 40.9 Å². The Kier molecular flexibility index (Phi) is 13.1. The minimum Gasteiger partial charge on any atom is -0.394 e. The van der Waals surface area contributed by atoms with Gasteiger partial charge in [0.05, 0.1) is 31.5 Å². The van der Waals surface area contributed by atoms with Gasteiger partial charge in [0, 0.05) is 20.1 Å². The first-order valence-electron chi connectivity index (χ1n) is 19.9. The fourth-order valence-corrected chi connectivity index (χ4v) is 11.4. The molecule has 14 heteroatoms. The quantitative estimate of drug-likeness (QED) is 0.129. The van der Waals surface area contributed by atoms with E-state index in [4.69, 9.17) is 28.4 Å². The summed E-state index contributed by atoms with van der Waals surface area (Å²) in [5.74, 6) is -0.202. The Hall–Kier alpha value is -1.08. The van der Waals surface area contributed by atoms with E-state index in [0.717, 1.165) is 24.0 Å². The van der Waals surface area contributed by atoms with Gasteiger partial charge in [-0.3, -0.25) is 0 Å². The molecule has 14 nitrogen and oxygen atoms in total. The second-order valence-electron chi connectivity index (χ2n) is 17.8. The van der Waals surface area contributed by atoms with Gasteiger partial charge in [-0.1, -0.05) is 52.3 Å². The molecule has 20 atom stereocenters. The molecule has 0 aromatic rings. The van der Waals surface area contributed by atoms with Gasteiger partial charge in [-0.25, -0.2) is 0 Å². The minimum absolute atomic E-state index is 0.00514. The molecule has 54 heavy (non-hydrogen) atoms. The van der Waals surface area contributed by atoms with Gasteiger partial charge in [0.1, 0.15) is 54.9 Å². The van der Waals surface area contributed by atoms with Crippen molar-refractivity contribution in [1.29, 1.82) is 0 Å². The molecule has 8 N–H and O–H groups in total. The normalized spacial score (nSPS) is 49.3. The lowest BCUT2D eigenvalue weighted by molar-refractivity contribution is -0.318. The molecule has 0 aromatic carbocycles. The van der Waals surface area contributed by atoms with Crippen LogP contribution in [0, 0.1) is 40.4 Å². The van der Waals surface area contributed by atoms with Gasteiger partial charge >= 0.3 is 0 Å². The van der Waals surface area contributed by atoms with E-state index in [1.54, 1.807) is 0 Å². The number of fused-ring (bicyclic) bond motifs is 4. The van der Waals surface area contributed by atoms with Crippen LogP contribution in [-0.4, -0.2) is 154 Å². The molecule has 4 aliphatic carbocycles. The van der Waals surface area contributed by atoms with Crippen LogP contribution in [0.4, 0.5) is 0 Å². The summed E-state index contributed by atoms with van der Waals surface area (Å²) >= 11 is 0. The van der Waals surface area contributed by atoms with Crippen molar-refractivity contribution >= 4 is 0 Å². The zero-order valence-corrected chi connectivity index (χ0v) is 32.8. The lowest BCUT2D eigenvalue weighted by atomic mass is 9.47. The molecule has 310 valence electrons. The number of methoxy groups -OCH3 is 2. The predicted octanol–water partition coefficient (Wildman–Crippen LogP) is 0.788. The van der Waals surface area contributed by atoms with Crippen molar-refractivity contribution in [2.24, 2.45) is 40.4 Å². The minimum atomic E-state index is -1.51. The van der Waals surface area contributed by atoms with Crippen molar-refractivity contribution in [2.75, 3.05) is 27.4 Å². The van der Waals surface area contributed by atoms with E-state index >= 15 is 0 Å². The molecule has 0 bridgehead atoms. The standard InChI is InChI=1S/C40H66O14/c1-18(2)8-9-19(3)28-25(51-38-33(48)36(50-7)30(45)26(16-41)52-38)15-22-27-21(11-13-40(22,28)5)39(4)12-10-20(42)14-23(39)29(44)35(27)54-37-32(47)31(46)34(53-37)24(43)17-49-6/h8-9,18-21,23-26,28-38,41-48H,10-17H2,1-7H3. The zero-order valence-electron chi connectivity index (χ0n) is 32.8. The highest BCUT2D eigenvalue weighted by Crippen LogP contribution is 2.67. The molecule has 2 aliphatic heterocycles. The molecule has 2 heterocycles. The lowest BCUT2D eigenvalue weighted by Gasteiger charge is -2.60. The smallest absolute Gasteiger partial charge is 0.187 e. The molecule has 6 aliphatic rings. The molecule has 3 saturated carbocycles. The van der Waals surface area contributed by atoms with E-state index in [-0.39, 0.29) is 35.7 Å². The molecule has 0 radical (unpaired) electrons. The van der Waals surface area contributed by atoms with Crippen LogP contribution in [0.25, 0.3) is 0 Å². The molecular formula is C40H66O14. The second kappa shape index (κ2) is 16.6. The van der Waals surface area contributed by atoms with Crippen molar-refractivity contribution in [2.45, 2.75) is 159 Å². The monoisotopic (exact) mass is 770 g/mol. The Morgan fingerprint density at radius 1 is 0.852 bits per heavy atom. The Morgan fingerprint density at radius 3 is 2.20 bits per heavy atom. The molecule has 0 spiro atoms. The summed E-state index contributed by atoms with van der Waals surface area (Å²) in [6.45, 7) is 10.2. The summed E-state index contributed by atoms with van der Waals surface area (Å²) in [6.07, 6.45) is -7.75. The fraction of sp³-hybridized carbons (Fsp3) is 0.900. The van der Waals surface area contributed by atoms with E-state index in [2.05, 4.69) is 46.8 Å². The molecule has 0 amide bonds. The van der Waals surface area contributed by atoms with Gasteiger partial charge < -0.3 is 69.3 Å². The highest BCUT2D eigenvalue weighted by atomic mass is 16.7. The summed E-state index contributed by atoms with van der Waals surface area (Å²) < 4.78 is 35.9. The van der Waals surface area contributed by atoms with Gasteiger partial charge in [-0.05, 0) is 78.6 Å². The maximum Gasteiger partial charge on any atom is 0.187 e. The highest BCUT2D eigenvalue weighted by molar-refractivity contribution is 5.40. The van der Waals surface area contributed by atoms with E-state index in [1.807, 2.05) is 0 Å². The van der Waals surface area contributed by atoms with E-state index in [0.29, 0.717) is 31.6 Å². The van der Waals surface area contributed by atoms with Crippen molar-refractivity contribution in [1.82, 2.24) is 0 Å². The zero-order chi connectivity index (χ0) is 39.4. The fourth-order valence-electron chi connectivity index (χ4n) is 11.4. The Labute approximate surface area is 319 Å². The first kappa shape index (κ1) is 42.5. The second-order valence-corrected chi connectivity index (χ2v) is 17.8. The van der Waals surface area contributed by atoms with Gasteiger partial charge in [0.15, 0.2) is 12.6 Å². The van der Waals surface area contributed by atoms with Gasteiger partial charge in [0.2, 0.25) is 0 Å². The van der Waals surface area contributed by atoms with Crippen molar-refractivity contribution < 1.29 is 69.3 Å². The molecule has 0 aromatic heterocycles. The molecular weight excluding hydrogens is 704 g/mol. The van der Waals surface area contributed by atoms with Crippen LogP contribution in [0.2, 0.25) is 0 Å². The van der Waals surface area contributed by atoms with Crippen molar-refractivity contribution in [3.63, 3.8) is 0 Å². The van der Waals surface area contributed by atoms with Crippen LogP contribution in [0.1, 0.15) is 73.1 Å². The van der Waals surface area contributed by atoms with E-state index in [1.165, 1.54) is 14.2 Å². The number of hydrogen-bond donors (Lipinski definition) is 8. The van der Waals surface area contributed by atoms with Crippen molar-refractivity contribution in [3.8, 4) is 0 Å². The summed E-state index contributed by atoms with van der Waals surface area (Å²) in [7, 11) is 2.79. The predicted molar refractivity (Wildman–Crippen MR) is 193 cm³/mol. The number of aliphatic hydroxyl groups is 8. The largest absolute Gasteiger partial charge is 0.394 e. The van der Waals surface area contributed by atoms with Crippen LogP contribution in [0.3, 0.4) is 0 Å². The number of ether oxygens (including phenoxy) is 6. The lowest BCUT2D eigenvalue weighted by Crippen LogP contribution is -2.60. The van der Waals surface area contributed by atoms with Gasteiger partial charge in [-0.15, -0.1) is 0 Å². The summed E-state index contributed by atoms with van der Waals surface area (Å²) in [5, 5.41) is 88.1. The van der Waals surface area contributed by atoms with Crippen LogP contribution in [0.5, 0.6) is 0 Å². The van der Waals surface area contributed by atoms with Crippen molar-refractivity contribution in [3.05, 3.63) is 23.3 Å². The molecule has 5 fully saturated rings. The maximum absolute atomic E-state index is 12.4. The topological polar surface area (TPSA) is 217 Å². The van der Waals surface area contributed by atoms with Crippen LogP contribution in [-0.2, 0) is 28.4 Å². The number of aliphatic hydroxyl groups excluding tert-OH is 8. The number of hydrogen-bond acceptors (Lipinski definition) is 14. The summed E-state index contributed by atoms with van der Waals surface area (Å²) in [4.78, 5) is 0. The third-order valence-corrected chi connectivity index (χ3v) is 14.1. The summed E-state index contributed by atoms with van der Waals surface area (Å²) in [6, 6.07) is 0. The third-order valence-electron chi connectivity index (χ3n) is 14.1. The maximum atomic E-state index is 12.4. The Morgan fingerprint density at radius 2 is 1.56 bits per heavy atom. The van der Waals surface area contributed by atoms with E-state index < -0.39 is 97.8 Å². The summed E-state index contributed by atoms with van der Waals surface area (Å²) in [5.41, 5.74) is 1.13.